The molecule has 30 heavy (non-hydrogen) atoms. The molecule has 1 aromatic heterocycles. The Labute approximate surface area is 186 Å². The summed E-state index contributed by atoms with van der Waals surface area (Å²) < 4.78 is 1.02. The Morgan fingerprint density at radius 2 is 1.77 bits per heavy atom. The lowest BCUT2D eigenvalue weighted by Gasteiger charge is -2.35. The van der Waals surface area contributed by atoms with Gasteiger partial charge in [0.05, 0.1) is 0 Å². The molecule has 1 N–H and O–H groups in total. The molecular weight excluding hydrogens is 416 g/mol. The number of thiazole rings is 1. The molecule has 0 unspecified atom stereocenters. The molecule has 1 aliphatic carbocycles. The molecule has 3 amide bonds. The minimum absolute atomic E-state index is 0.103. The van der Waals surface area contributed by atoms with Gasteiger partial charge in [-0.05, 0) is 49.9 Å². The number of nitrogens with one attached hydrogen (secondary N) is 1. The maximum Gasteiger partial charge on any atom is 0.321 e. The molecule has 0 atom stereocenters. The summed E-state index contributed by atoms with van der Waals surface area (Å²) >= 11 is 3.26. The van der Waals surface area contributed by atoms with E-state index in [2.05, 4.69) is 10.3 Å². The first kappa shape index (κ1) is 21.2. The van der Waals surface area contributed by atoms with E-state index in [-0.39, 0.29) is 11.9 Å². The molecule has 160 valence electrons. The lowest BCUT2D eigenvalue weighted by atomic mass is 10.0. The summed E-state index contributed by atoms with van der Waals surface area (Å²) in [6, 6.07) is 7.73. The topological polar surface area (TPSA) is 65.5 Å². The van der Waals surface area contributed by atoms with Crippen LogP contribution in [0.4, 0.5) is 10.5 Å². The molecule has 6 nitrogen and oxygen atoms in total. The normalized spacial score (nSPS) is 17.4. The van der Waals surface area contributed by atoms with Crippen molar-refractivity contribution in [3.05, 3.63) is 35.3 Å². The monoisotopic (exact) mass is 444 g/mol. The third-order valence-electron chi connectivity index (χ3n) is 5.77. The fourth-order valence-electron chi connectivity index (χ4n) is 4.04. The highest BCUT2D eigenvalue weighted by atomic mass is 32.2. The number of piperazine rings is 1. The van der Waals surface area contributed by atoms with Crippen molar-refractivity contribution in [2.75, 3.05) is 31.5 Å². The van der Waals surface area contributed by atoms with Crippen molar-refractivity contribution in [1.29, 1.82) is 0 Å². The van der Waals surface area contributed by atoms with Crippen LogP contribution in [0.2, 0.25) is 0 Å². The van der Waals surface area contributed by atoms with Crippen LogP contribution >= 0.6 is 23.1 Å². The zero-order valence-corrected chi connectivity index (χ0v) is 18.9. The SMILES string of the molecule is Cc1csc(Sc2ccc(NC(=O)N3CCN(C(=O)CC4CCCC4)CC3)cc2)n1. The van der Waals surface area contributed by atoms with Crippen LogP contribution in [0.15, 0.2) is 38.9 Å². The molecule has 0 spiro atoms. The second-order valence-corrected chi connectivity index (χ2v) is 10.2. The van der Waals surface area contributed by atoms with Gasteiger partial charge in [0.15, 0.2) is 4.34 Å². The van der Waals surface area contributed by atoms with Gasteiger partial charge < -0.3 is 15.1 Å². The zero-order chi connectivity index (χ0) is 20.9. The largest absolute Gasteiger partial charge is 0.339 e. The van der Waals surface area contributed by atoms with Crippen molar-refractivity contribution < 1.29 is 9.59 Å². The average molecular weight is 445 g/mol. The Morgan fingerprint density at radius 1 is 1.10 bits per heavy atom. The third-order valence-corrected chi connectivity index (χ3v) is 7.83. The van der Waals surface area contributed by atoms with Gasteiger partial charge in [0.25, 0.3) is 0 Å². The molecule has 1 aliphatic heterocycles. The first-order valence-electron chi connectivity index (χ1n) is 10.6. The van der Waals surface area contributed by atoms with Crippen molar-refractivity contribution in [3.63, 3.8) is 0 Å². The standard InChI is InChI=1S/C22H28N4O2S2/c1-16-15-29-22(23-16)30-19-8-6-18(7-9-19)24-21(28)26-12-10-25(11-13-26)20(27)14-17-4-2-3-5-17/h6-9,15,17H,2-5,10-14H2,1H3,(H,24,28). The molecule has 4 rings (SSSR count). The highest BCUT2D eigenvalue weighted by Crippen LogP contribution is 2.31. The van der Waals surface area contributed by atoms with E-state index in [9.17, 15) is 9.59 Å². The zero-order valence-electron chi connectivity index (χ0n) is 17.3. The van der Waals surface area contributed by atoms with Gasteiger partial charge in [-0.3, -0.25) is 4.79 Å². The smallest absolute Gasteiger partial charge is 0.321 e. The van der Waals surface area contributed by atoms with Crippen molar-refractivity contribution in [2.45, 2.75) is 48.3 Å². The number of urea groups is 1. The van der Waals surface area contributed by atoms with E-state index in [1.807, 2.05) is 41.5 Å². The molecule has 0 bridgehead atoms. The Hall–Kier alpha value is -2.06. The van der Waals surface area contributed by atoms with Crippen LogP contribution in [0.25, 0.3) is 0 Å². The molecule has 2 aromatic rings. The number of aromatic nitrogens is 1. The van der Waals surface area contributed by atoms with Crippen molar-refractivity contribution in [1.82, 2.24) is 14.8 Å². The van der Waals surface area contributed by atoms with E-state index < -0.39 is 0 Å². The van der Waals surface area contributed by atoms with E-state index >= 15 is 0 Å². The first-order chi connectivity index (χ1) is 14.6. The van der Waals surface area contributed by atoms with Gasteiger partial charge in [0.2, 0.25) is 5.91 Å². The van der Waals surface area contributed by atoms with E-state index in [0.29, 0.717) is 38.5 Å². The number of rotatable bonds is 5. The van der Waals surface area contributed by atoms with E-state index in [4.69, 9.17) is 0 Å². The van der Waals surface area contributed by atoms with Crippen LogP contribution in [0, 0.1) is 12.8 Å². The molecule has 2 aliphatic rings. The van der Waals surface area contributed by atoms with Gasteiger partial charge >= 0.3 is 6.03 Å². The van der Waals surface area contributed by atoms with Crippen molar-refractivity contribution in [2.24, 2.45) is 5.92 Å². The molecular formula is C22H28N4O2S2. The first-order valence-corrected chi connectivity index (χ1v) is 12.3. The molecule has 0 radical (unpaired) electrons. The Morgan fingerprint density at radius 3 is 2.40 bits per heavy atom. The summed E-state index contributed by atoms with van der Waals surface area (Å²) in [6.07, 6.45) is 5.58. The Bertz CT molecular complexity index is 870. The molecule has 8 heteroatoms. The van der Waals surface area contributed by atoms with Gasteiger partial charge in [-0.2, -0.15) is 0 Å². The Kier molecular flexibility index (Phi) is 6.94. The van der Waals surface area contributed by atoms with Gasteiger partial charge in [-0.1, -0.05) is 24.6 Å². The highest BCUT2D eigenvalue weighted by molar-refractivity contribution is 8.01. The van der Waals surface area contributed by atoms with Gasteiger partial charge in [0.1, 0.15) is 0 Å². The number of benzene rings is 1. The Balaban J connectivity index is 1.23. The second kappa shape index (κ2) is 9.83. The van der Waals surface area contributed by atoms with E-state index in [0.717, 1.165) is 20.6 Å². The molecule has 1 aromatic carbocycles. The van der Waals surface area contributed by atoms with Crippen LogP contribution in [0.3, 0.4) is 0 Å². The van der Waals surface area contributed by atoms with Gasteiger partial charge in [-0.15, -0.1) is 11.3 Å². The van der Waals surface area contributed by atoms with Crippen LogP contribution in [-0.2, 0) is 4.79 Å². The predicted octanol–water partition coefficient (Wildman–Crippen LogP) is 4.86. The average Bonchev–Trinajstić information content (AvgIpc) is 3.41. The van der Waals surface area contributed by atoms with Crippen LogP contribution in [0.5, 0.6) is 0 Å². The number of hydrogen-bond acceptors (Lipinski definition) is 5. The lowest BCUT2D eigenvalue weighted by Crippen LogP contribution is -2.51. The number of aryl methyl sites for hydroxylation is 1. The fraction of sp³-hybridized carbons (Fsp3) is 0.500. The number of nitrogens with zero attached hydrogens (tertiary/aromatic N) is 3. The summed E-state index contributed by atoms with van der Waals surface area (Å²) in [5.41, 5.74) is 1.81. The molecule has 2 heterocycles. The minimum atomic E-state index is -0.103. The molecule has 1 saturated carbocycles. The number of carbonyl (C=O) groups excluding carboxylic acids is 2. The van der Waals surface area contributed by atoms with Crippen LogP contribution in [-0.4, -0.2) is 52.9 Å². The maximum absolute atomic E-state index is 12.6. The minimum Gasteiger partial charge on any atom is -0.339 e. The second-order valence-electron chi connectivity index (χ2n) is 8.03. The lowest BCUT2D eigenvalue weighted by molar-refractivity contribution is -0.133. The number of hydrogen-bond donors (Lipinski definition) is 1. The van der Waals surface area contributed by atoms with Crippen LogP contribution < -0.4 is 5.32 Å². The number of carbonyl (C=O) groups is 2. The summed E-state index contributed by atoms with van der Waals surface area (Å²) in [4.78, 5) is 34.4. The van der Waals surface area contributed by atoms with Crippen LogP contribution in [0.1, 0.15) is 37.8 Å². The molecule has 2 fully saturated rings. The van der Waals surface area contributed by atoms with E-state index in [1.54, 1.807) is 28.0 Å². The van der Waals surface area contributed by atoms with Crippen molar-refractivity contribution >= 4 is 40.7 Å². The summed E-state index contributed by atoms with van der Waals surface area (Å²) in [7, 11) is 0. The summed E-state index contributed by atoms with van der Waals surface area (Å²) in [5, 5.41) is 5.01. The van der Waals surface area contributed by atoms with Gasteiger partial charge in [-0.25, -0.2) is 9.78 Å². The third kappa shape index (κ3) is 5.55. The fourth-order valence-corrected chi connectivity index (χ4v) is 5.85. The van der Waals surface area contributed by atoms with Crippen molar-refractivity contribution in [3.8, 4) is 0 Å². The quantitative estimate of drug-likeness (QED) is 0.715. The maximum atomic E-state index is 12.6. The summed E-state index contributed by atoms with van der Waals surface area (Å²) in [6.45, 7) is 4.41. The predicted molar refractivity (Wildman–Crippen MR) is 121 cm³/mol. The highest BCUT2D eigenvalue weighted by Gasteiger charge is 2.26. The number of amides is 3. The van der Waals surface area contributed by atoms with Gasteiger partial charge in [0, 0.05) is 54.3 Å². The summed E-state index contributed by atoms with van der Waals surface area (Å²) in [5.74, 6) is 0.824. The van der Waals surface area contributed by atoms with E-state index in [1.165, 1.54) is 25.7 Å². The molecule has 1 saturated heterocycles. The number of anilines is 1.